The van der Waals surface area contributed by atoms with E-state index in [-0.39, 0.29) is 0 Å². The number of ether oxygens (including phenoxy) is 1. The maximum Gasteiger partial charge on any atom is 0.126 e. The number of rotatable bonds is 3. The lowest BCUT2D eigenvalue weighted by Gasteiger charge is -2.12. The molecule has 1 aliphatic heterocycles. The van der Waals surface area contributed by atoms with Gasteiger partial charge in [-0.25, -0.2) is 0 Å². The highest BCUT2D eigenvalue weighted by Gasteiger charge is 2.22. The Morgan fingerprint density at radius 2 is 2.17 bits per heavy atom. The van der Waals surface area contributed by atoms with Crippen molar-refractivity contribution in [3.8, 4) is 16.9 Å². The molecule has 0 spiro atoms. The van der Waals surface area contributed by atoms with E-state index in [0.29, 0.717) is 6.04 Å². The van der Waals surface area contributed by atoms with E-state index in [1.54, 1.807) is 7.11 Å². The number of nitrogens with zero attached hydrogens (tertiary/aromatic N) is 1. The molecule has 2 aromatic rings. The first-order valence-electron chi connectivity index (χ1n) is 6.30. The van der Waals surface area contributed by atoms with E-state index in [1.165, 1.54) is 6.42 Å². The maximum atomic E-state index is 5.42. The summed E-state index contributed by atoms with van der Waals surface area (Å²) in [5.74, 6) is 0.887. The van der Waals surface area contributed by atoms with Crippen molar-refractivity contribution in [3.63, 3.8) is 0 Å². The van der Waals surface area contributed by atoms with Crippen LogP contribution in [0.3, 0.4) is 0 Å². The van der Waals surface area contributed by atoms with Crippen molar-refractivity contribution in [1.29, 1.82) is 0 Å². The molecular formula is C14H17N3O. The largest absolute Gasteiger partial charge is 0.496 e. The summed E-state index contributed by atoms with van der Waals surface area (Å²) in [7, 11) is 1.70. The van der Waals surface area contributed by atoms with Gasteiger partial charge in [-0.05, 0) is 25.5 Å². The molecule has 1 fully saturated rings. The maximum absolute atomic E-state index is 5.42. The van der Waals surface area contributed by atoms with E-state index < -0.39 is 0 Å². The third-order valence-electron chi connectivity index (χ3n) is 3.47. The second-order valence-electron chi connectivity index (χ2n) is 4.55. The van der Waals surface area contributed by atoms with Crippen molar-refractivity contribution in [3.05, 3.63) is 36.2 Å². The molecule has 1 aromatic heterocycles. The summed E-state index contributed by atoms with van der Waals surface area (Å²) in [4.78, 5) is 0. The lowest BCUT2D eigenvalue weighted by atomic mass is 10.0. The zero-order valence-corrected chi connectivity index (χ0v) is 10.4. The number of benzene rings is 1. The van der Waals surface area contributed by atoms with E-state index in [4.69, 9.17) is 4.74 Å². The van der Waals surface area contributed by atoms with Gasteiger partial charge in [0.05, 0.1) is 19.0 Å². The van der Waals surface area contributed by atoms with E-state index in [1.807, 2.05) is 24.4 Å². The fourth-order valence-corrected chi connectivity index (χ4v) is 2.57. The number of hydrogen-bond acceptors (Lipinski definition) is 3. The molecule has 1 saturated heterocycles. The molecule has 1 unspecified atom stereocenters. The van der Waals surface area contributed by atoms with Crippen LogP contribution in [0.5, 0.6) is 5.75 Å². The molecule has 94 valence electrons. The van der Waals surface area contributed by atoms with Gasteiger partial charge in [0, 0.05) is 17.2 Å². The van der Waals surface area contributed by atoms with Crippen molar-refractivity contribution < 1.29 is 4.74 Å². The van der Waals surface area contributed by atoms with Gasteiger partial charge in [-0.3, -0.25) is 5.10 Å². The minimum Gasteiger partial charge on any atom is -0.496 e. The number of aromatic nitrogens is 2. The molecular weight excluding hydrogens is 226 g/mol. The fourth-order valence-electron chi connectivity index (χ4n) is 2.57. The van der Waals surface area contributed by atoms with Crippen molar-refractivity contribution in [2.24, 2.45) is 0 Å². The Morgan fingerprint density at radius 3 is 2.94 bits per heavy atom. The number of hydrogen-bond donors (Lipinski definition) is 2. The predicted molar refractivity (Wildman–Crippen MR) is 70.6 cm³/mol. The number of nitrogens with one attached hydrogen (secondary N) is 2. The van der Waals surface area contributed by atoms with E-state index in [2.05, 4.69) is 21.6 Å². The summed E-state index contributed by atoms with van der Waals surface area (Å²) in [5.41, 5.74) is 3.39. The Kier molecular flexibility index (Phi) is 3.02. The van der Waals surface area contributed by atoms with Crippen LogP contribution < -0.4 is 10.1 Å². The first kappa shape index (κ1) is 11.3. The van der Waals surface area contributed by atoms with Crippen LogP contribution in [0.25, 0.3) is 11.1 Å². The van der Waals surface area contributed by atoms with Crippen LogP contribution >= 0.6 is 0 Å². The van der Waals surface area contributed by atoms with Gasteiger partial charge in [0.25, 0.3) is 0 Å². The summed E-state index contributed by atoms with van der Waals surface area (Å²) in [6.45, 7) is 1.08. The molecule has 0 radical (unpaired) electrons. The molecule has 1 aliphatic rings. The quantitative estimate of drug-likeness (QED) is 0.870. The highest BCUT2D eigenvalue weighted by Crippen LogP contribution is 2.35. The Balaban J connectivity index is 2.03. The molecule has 1 aromatic carbocycles. The smallest absolute Gasteiger partial charge is 0.126 e. The Labute approximate surface area is 106 Å². The van der Waals surface area contributed by atoms with Gasteiger partial charge < -0.3 is 10.1 Å². The van der Waals surface area contributed by atoms with Gasteiger partial charge in [-0.15, -0.1) is 0 Å². The van der Waals surface area contributed by atoms with Crippen LogP contribution in [0.15, 0.2) is 30.5 Å². The Hall–Kier alpha value is -1.81. The molecule has 18 heavy (non-hydrogen) atoms. The van der Waals surface area contributed by atoms with Crippen molar-refractivity contribution >= 4 is 0 Å². The van der Waals surface area contributed by atoms with Crippen LogP contribution in [-0.4, -0.2) is 23.9 Å². The Morgan fingerprint density at radius 1 is 1.28 bits per heavy atom. The first-order chi connectivity index (χ1) is 8.90. The molecule has 2 heterocycles. The molecule has 4 nitrogen and oxygen atoms in total. The lowest BCUT2D eigenvalue weighted by Crippen LogP contribution is -2.14. The van der Waals surface area contributed by atoms with Crippen LogP contribution in [-0.2, 0) is 0 Å². The number of H-pyrrole nitrogens is 1. The summed E-state index contributed by atoms with van der Waals surface area (Å²) < 4.78 is 5.42. The van der Waals surface area contributed by atoms with Crippen molar-refractivity contribution in [1.82, 2.24) is 15.5 Å². The van der Waals surface area contributed by atoms with Crippen LogP contribution in [0.1, 0.15) is 24.6 Å². The fraction of sp³-hybridized carbons (Fsp3) is 0.357. The predicted octanol–water partition coefficient (Wildman–Crippen LogP) is 2.51. The molecule has 1 atom stereocenters. The lowest BCUT2D eigenvalue weighted by molar-refractivity contribution is 0.416. The number of aromatic amines is 1. The zero-order chi connectivity index (χ0) is 12.4. The molecule has 0 bridgehead atoms. The topological polar surface area (TPSA) is 49.9 Å². The number of para-hydroxylation sites is 1. The number of methoxy groups -OCH3 is 1. The van der Waals surface area contributed by atoms with E-state index >= 15 is 0 Å². The van der Waals surface area contributed by atoms with E-state index in [9.17, 15) is 0 Å². The molecule has 0 amide bonds. The van der Waals surface area contributed by atoms with Crippen LogP contribution in [0, 0.1) is 0 Å². The average molecular weight is 243 g/mol. The van der Waals surface area contributed by atoms with Crippen LogP contribution in [0.2, 0.25) is 0 Å². The van der Waals surface area contributed by atoms with Crippen molar-refractivity contribution in [2.45, 2.75) is 18.9 Å². The van der Waals surface area contributed by atoms with Crippen molar-refractivity contribution in [2.75, 3.05) is 13.7 Å². The monoisotopic (exact) mass is 243 g/mol. The Bertz CT molecular complexity index is 529. The molecule has 2 N–H and O–H groups in total. The van der Waals surface area contributed by atoms with Gasteiger partial charge in [0.15, 0.2) is 0 Å². The van der Waals surface area contributed by atoms with Crippen LogP contribution in [0.4, 0.5) is 0 Å². The molecule has 4 heteroatoms. The summed E-state index contributed by atoms with van der Waals surface area (Å²) in [6.07, 6.45) is 4.26. The molecule has 0 aliphatic carbocycles. The normalized spacial score (nSPS) is 19.1. The zero-order valence-electron chi connectivity index (χ0n) is 10.4. The van der Waals surface area contributed by atoms with Gasteiger partial charge in [-0.1, -0.05) is 18.2 Å². The van der Waals surface area contributed by atoms with Gasteiger partial charge in [-0.2, -0.15) is 5.10 Å². The molecule has 3 rings (SSSR count). The first-order valence-corrected chi connectivity index (χ1v) is 6.30. The highest BCUT2D eigenvalue weighted by molar-refractivity contribution is 5.72. The minimum absolute atomic E-state index is 0.382. The standard InChI is InChI=1S/C14H17N3O/c1-18-13-7-3-2-5-10(13)11-9-16-17-14(11)12-6-4-8-15-12/h2-3,5,7,9,12,15H,4,6,8H2,1H3,(H,16,17). The summed E-state index contributed by atoms with van der Waals surface area (Å²) in [6, 6.07) is 8.44. The third kappa shape index (κ3) is 1.88. The van der Waals surface area contributed by atoms with Gasteiger partial charge in [0.2, 0.25) is 0 Å². The second-order valence-corrected chi connectivity index (χ2v) is 4.55. The van der Waals surface area contributed by atoms with Gasteiger partial charge in [0.1, 0.15) is 5.75 Å². The SMILES string of the molecule is COc1ccccc1-c1cn[nH]c1C1CCCN1. The minimum atomic E-state index is 0.382. The average Bonchev–Trinajstić information content (AvgIpc) is 3.09. The van der Waals surface area contributed by atoms with E-state index in [0.717, 1.165) is 35.5 Å². The second kappa shape index (κ2) is 4.82. The highest BCUT2D eigenvalue weighted by atomic mass is 16.5. The summed E-state index contributed by atoms with van der Waals surface area (Å²) >= 11 is 0. The summed E-state index contributed by atoms with van der Waals surface area (Å²) in [5, 5.41) is 10.8. The van der Waals surface area contributed by atoms with Gasteiger partial charge >= 0.3 is 0 Å². The third-order valence-corrected chi connectivity index (χ3v) is 3.47. The molecule has 0 saturated carbocycles.